The molecule has 0 bridgehead atoms. The predicted octanol–water partition coefficient (Wildman–Crippen LogP) is 3.53. The Bertz CT molecular complexity index is 981. The molecule has 1 N–H and O–H groups in total. The number of nitrogens with zero attached hydrogens (tertiary/aromatic N) is 2. The van der Waals surface area contributed by atoms with Crippen LogP contribution in [-0.2, 0) is 9.59 Å². The van der Waals surface area contributed by atoms with Gasteiger partial charge in [-0.05, 0) is 31.1 Å². The molecule has 0 saturated heterocycles. The molecule has 8 nitrogen and oxygen atoms in total. The zero-order valence-electron chi connectivity index (χ0n) is 15.3. The number of nitro benzene ring substituents is 1. The van der Waals surface area contributed by atoms with Crippen molar-refractivity contribution in [1.82, 2.24) is 0 Å². The Balaban J connectivity index is 2.14. The van der Waals surface area contributed by atoms with E-state index in [9.17, 15) is 24.8 Å². The Hall–Kier alpha value is -3.68. The first-order valence-electron chi connectivity index (χ1n) is 8.63. The SMILES string of the molecule is CCC(C(=O)O)N1C(=O)/C(=C\c2ccc(C)cc2)Oc2ccc([N+](=O)[O-])cc21. The number of hydrogen-bond donors (Lipinski definition) is 1. The largest absolute Gasteiger partial charge is 0.480 e. The smallest absolute Gasteiger partial charge is 0.326 e. The average molecular weight is 382 g/mol. The maximum Gasteiger partial charge on any atom is 0.326 e. The molecule has 1 unspecified atom stereocenters. The molecule has 28 heavy (non-hydrogen) atoms. The van der Waals surface area contributed by atoms with Gasteiger partial charge >= 0.3 is 5.97 Å². The summed E-state index contributed by atoms with van der Waals surface area (Å²) in [5.74, 6) is -1.74. The molecule has 8 heteroatoms. The van der Waals surface area contributed by atoms with Crippen LogP contribution in [0, 0.1) is 17.0 Å². The summed E-state index contributed by atoms with van der Waals surface area (Å²) in [4.78, 5) is 36.3. The van der Waals surface area contributed by atoms with Crippen LogP contribution in [0.4, 0.5) is 11.4 Å². The van der Waals surface area contributed by atoms with Crippen molar-refractivity contribution in [2.45, 2.75) is 26.3 Å². The fraction of sp³-hybridized carbons (Fsp3) is 0.200. The third kappa shape index (κ3) is 3.57. The molecule has 3 rings (SSSR count). The third-order valence-corrected chi connectivity index (χ3v) is 4.42. The lowest BCUT2D eigenvalue weighted by Gasteiger charge is -2.34. The Morgan fingerprint density at radius 3 is 2.54 bits per heavy atom. The summed E-state index contributed by atoms with van der Waals surface area (Å²) in [6, 6.07) is 9.96. The van der Waals surface area contributed by atoms with Gasteiger partial charge in [0.1, 0.15) is 6.04 Å². The standard InChI is InChI=1S/C20H18N2O6/c1-3-15(20(24)25)21-16-11-14(22(26)27)8-9-17(16)28-18(19(21)23)10-13-6-4-12(2)5-7-13/h4-11,15H,3H2,1-2H3,(H,24,25)/b18-10+. The lowest BCUT2D eigenvalue weighted by Crippen LogP contribution is -2.48. The van der Waals surface area contributed by atoms with E-state index in [1.54, 1.807) is 6.92 Å². The number of rotatable bonds is 5. The molecular formula is C20H18N2O6. The summed E-state index contributed by atoms with van der Waals surface area (Å²) >= 11 is 0. The number of carboxylic acid groups (broad SMARTS) is 1. The van der Waals surface area contributed by atoms with Crippen molar-refractivity contribution in [3.63, 3.8) is 0 Å². The Morgan fingerprint density at radius 2 is 1.96 bits per heavy atom. The molecule has 1 atom stereocenters. The van der Waals surface area contributed by atoms with E-state index in [0.717, 1.165) is 16.5 Å². The van der Waals surface area contributed by atoms with Crippen molar-refractivity contribution in [2.75, 3.05) is 4.90 Å². The van der Waals surface area contributed by atoms with Gasteiger partial charge in [0.05, 0.1) is 10.6 Å². The zero-order chi connectivity index (χ0) is 20.4. The number of anilines is 1. The van der Waals surface area contributed by atoms with Crippen LogP contribution >= 0.6 is 0 Å². The highest BCUT2D eigenvalue weighted by Gasteiger charge is 2.38. The van der Waals surface area contributed by atoms with Crippen molar-refractivity contribution < 1.29 is 24.4 Å². The van der Waals surface area contributed by atoms with Gasteiger partial charge in [-0.3, -0.25) is 19.8 Å². The topological polar surface area (TPSA) is 110 Å². The summed E-state index contributed by atoms with van der Waals surface area (Å²) in [7, 11) is 0. The number of benzene rings is 2. The van der Waals surface area contributed by atoms with Crippen molar-refractivity contribution >= 4 is 29.3 Å². The van der Waals surface area contributed by atoms with Gasteiger partial charge in [0.25, 0.3) is 11.6 Å². The van der Waals surface area contributed by atoms with E-state index in [1.165, 1.54) is 18.2 Å². The van der Waals surface area contributed by atoms with Crippen molar-refractivity contribution in [3.05, 3.63) is 69.5 Å². The number of amides is 1. The fourth-order valence-electron chi connectivity index (χ4n) is 2.97. The predicted molar refractivity (Wildman–Crippen MR) is 102 cm³/mol. The van der Waals surface area contributed by atoms with Crippen molar-refractivity contribution in [1.29, 1.82) is 0 Å². The molecule has 0 aliphatic carbocycles. The number of carboxylic acids is 1. The number of aliphatic carboxylic acids is 1. The van der Waals surface area contributed by atoms with Crippen LogP contribution in [0.3, 0.4) is 0 Å². The van der Waals surface area contributed by atoms with E-state index < -0.39 is 22.8 Å². The van der Waals surface area contributed by atoms with Gasteiger partial charge in [0.15, 0.2) is 11.5 Å². The van der Waals surface area contributed by atoms with Crippen molar-refractivity contribution in [2.24, 2.45) is 0 Å². The number of nitro groups is 1. The first kappa shape index (κ1) is 19.1. The lowest BCUT2D eigenvalue weighted by molar-refractivity contribution is -0.384. The number of aryl methyl sites for hydroxylation is 1. The van der Waals surface area contributed by atoms with Crippen LogP contribution in [0.25, 0.3) is 6.08 Å². The van der Waals surface area contributed by atoms with Crippen LogP contribution < -0.4 is 9.64 Å². The first-order chi connectivity index (χ1) is 13.3. The lowest BCUT2D eigenvalue weighted by atomic mass is 10.1. The van der Waals surface area contributed by atoms with Crippen LogP contribution in [-0.4, -0.2) is 27.9 Å². The number of carbonyl (C=O) groups is 2. The van der Waals surface area contributed by atoms with Crippen LogP contribution in [0.5, 0.6) is 5.75 Å². The van der Waals surface area contributed by atoms with Gasteiger partial charge in [-0.2, -0.15) is 0 Å². The molecule has 144 valence electrons. The van der Waals surface area contributed by atoms with Gasteiger partial charge in [0, 0.05) is 12.1 Å². The molecule has 1 heterocycles. The summed E-state index contributed by atoms with van der Waals surface area (Å²) in [5, 5.41) is 20.7. The Kier molecular flexibility index (Phi) is 5.12. The van der Waals surface area contributed by atoms with Crippen LogP contribution in [0.1, 0.15) is 24.5 Å². The maximum absolute atomic E-state index is 13.0. The Morgan fingerprint density at radius 1 is 1.29 bits per heavy atom. The van der Waals surface area contributed by atoms with E-state index in [1.807, 2.05) is 31.2 Å². The third-order valence-electron chi connectivity index (χ3n) is 4.42. The Labute approximate surface area is 160 Å². The number of non-ortho nitro benzene ring substituents is 1. The average Bonchev–Trinajstić information content (AvgIpc) is 2.66. The van der Waals surface area contributed by atoms with Gasteiger partial charge in [-0.1, -0.05) is 36.8 Å². The molecular weight excluding hydrogens is 364 g/mol. The summed E-state index contributed by atoms with van der Waals surface area (Å²) in [6.45, 7) is 3.56. The normalized spacial score (nSPS) is 15.7. The zero-order valence-corrected chi connectivity index (χ0v) is 15.3. The molecule has 2 aromatic carbocycles. The van der Waals surface area contributed by atoms with Crippen molar-refractivity contribution in [3.8, 4) is 5.75 Å². The summed E-state index contributed by atoms with van der Waals surface area (Å²) in [6.07, 6.45) is 1.65. The second-order valence-electron chi connectivity index (χ2n) is 6.37. The van der Waals surface area contributed by atoms with E-state index in [-0.39, 0.29) is 29.3 Å². The molecule has 0 fully saturated rings. The molecule has 0 aromatic heterocycles. The highest BCUT2D eigenvalue weighted by Crippen LogP contribution is 2.40. The summed E-state index contributed by atoms with van der Waals surface area (Å²) < 4.78 is 5.67. The molecule has 0 saturated carbocycles. The van der Waals surface area contributed by atoms with Crippen LogP contribution in [0.15, 0.2) is 48.2 Å². The van der Waals surface area contributed by atoms with Gasteiger partial charge in [-0.15, -0.1) is 0 Å². The molecule has 2 aromatic rings. The van der Waals surface area contributed by atoms with E-state index >= 15 is 0 Å². The van der Waals surface area contributed by atoms with Crippen LogP contribution in [0.2, 0.25) is 0 Å². The highest BCUT2D eigenvalue weighted by atomic mass is 16.6. The van der Waals surface area contributed by atoms with Gasteiger partial charge < -0.3 is 9.84 Å². The number of hydrogen-bond acceptors (Lipinski definition) is 5. The van der Waals surface area contributed by atoms with Gasteiger partial charge in [-0.25, -0.2) is 4.79 Å². The van der Waals surface area contributed by atoms with E-state index in [2.05, 4.69) is 0 Å². The minimum absolute atomic E-state index is 0.0510. The number of ether oxygens (including phenoxy) is 1. The number of carbonyl (C=O) groups excluding carboxylic acids is 1. The second-order valence-corrected chi connectivity index (χ2v) is 6.37. The second kappa shape index (κ2) is 7.51. The maximum atomic E-state index is 13.0. The fourth-order valence-corrected chi connectivity index (χ4v) is 2.97. The van der Waals surface area contributed by atoms with E-state index in [0.29, 0.717) is 5.56 Å². The quantitative estimate of drug-likeness (QED) is 0.481. The van der Waals surface area contributed by atoms with E-state index in [4.69, 9.17) is 4.74 Å². The molecule has 0 spiro atoms. The molecule has 1 amide bonds. The first-order valence-corrected chi connectivity index (χ1v) is 8.63. The minimum atomic E-state index is -1.20. The highest BCUT2D eigenvalue weighted by molar-refractivity contribution is 6.12. The molecule has 0 radical (unpaired) electrons. The molecule has 1 aliphatic rings. The molecule has 1 aliphatic heterocycles. The van der Waals surface area contributed by atoms with Gasteiger partial charge in [0.2, 0.25) is 0 Å². The summed E-state index contributed by atoms with van der Waals surface area (Å²) in [5.41, 5.74) is 1.57. The monoisotopic (exact) mass is 382 g/mol. The number of fused-ring (bicyclic) bond motifs is 1. The minimum Gasteiger partial charge on any atom is -0.480 e.